The number of nitrogens with one attached hydrogen (secondary N) is 2. The molecule has 1 amide bonds. The molecule has 8 heteroatoms. The highest BCUT2D eigenvalue weighted by atomic mass is 16.5. The van der Waals surface area contributed by atoms with Crippen LogP contribution >= 0.6 is 0 Å². The molecule has 0 saturated carbocycles. The van der Waals surface area contributed by atoms with E-state index in [0.29, 0.717) is 19.4 Å². The topological polar surface area (TPSA) is 88.2 Å². The van der Waals surface area contributed by atoms with Gasteiger partial charge in [-0.25, -0.2) is 0 Å². The number of hydrogen-bond donors (Lipinski definition) is 3. The predicted octanol–water partition coefficient (Wildman–Crippen LogP) is 0.706. The molecular formula is C20H39N5O3. The largest absolute Gasteiger partial charge is 0.337 e. The van der Waals surface area contributed by atoms with Crippen LogP contribution in [0.2, 0.25) is 0 Å². The molecule has 28 heavy (non-hydrogen) atoms. The number of amides is 1. The molecule has 0 atom stereocenters. The van der Waals surface area contributed by atoms with Gasteiger partial charge in [0.1, 0.15) is 12.0 Å². The standard InChI is InChI=1S/C20H39N5O3/c1-21-12-9-15-23(3)14-6-7-16-25(17-10-13-22-2)20(27)19(24(4)28)11-5-8-18-26/h5,8,11,18,21-22,28H,6-7,9-10,12-17H2,1-4H3/b8-5-,19-11-. The van der Waals surface area contributed by atoms with E-state index in [1.807, 2.05) is 14.1 Å². The van der Waals surface area contributed by atoms with E-state index in [1.54, 1.807) is 4.90 Å². The van der Waals surface area contributed by atoms with Gasteiger partial charge in [0.2, 0.25) is 0 Å². The third-order valence-corrected chi connectivity index (χ3v) is 4.34. The van der Waals surface area contributed by atoms with Gasteiger partial charge in [-0.3, -0.25) is 19.9 Å². The number of carbonyl (C=O) groups excluding carboxylic acids is 2. The number of hydroxylamine groups is 2. The van der Waals surface area contributed by atoms with Crippen LogP contribution in [-0.4, -0.2) is 99.7 Å². The Bertz CT molecular complexity index is 480. The number of aldehydes is 1. The molecule has 0 heterocycles. The maximum atomic E-state index is 12.9. The number of likely N-dealkylation sites (N-methyl/N-ethyl adjacent to an activating group) is 1. The van der Waals surface area contributed by atoms with E-state index in [2.05, 4.69) is 22.6 Å². The number of hydrogen-bond acceptors (Lipinski definition) is 7. The van der Waals surface area contributed by atoms with E-state index >= 15 is 0 Å². The van der Waals surface area contributed by atoms with Gasteiger partial charge < -0.3 is 20.4 Å². The summed E-state index contributed by atoms with van der Waals surface area (Å²) in [4.78, 5) is 27.4. The van der Waals surface area contributed by atoms with E-state index in [-0.39, 0.29) is 11.6 Å². The molecule has 0 unspecified atom stereocenters. The molecule has 0 bridgehead atoms. The molecule has 0 aromatic rings. The van der Waals surface area contributed by atoms with Crippen molar-refractivity contribution in [3.63, 3.8) is 0 Å². The lowest BCUT2D eigenvalue weighted by Crippen LogP contribution is -2.38. The zero-order valence-corrected chi connectivity index (χ0v) is 18.0. The van der Waals surface area contributed by atoms with Crippen LogP contribution in [0.5, 0.6) is 0 Å². The summed E-state index contributed by atoms with van der Waals surface area (Å²) in [6, 6.07) is 0. The van der Waals surface area contributed by atoms with Crippen molar-refractivity contribution in [1.82, 2.24) is 25.5 Å². The van der Waals surface area contributed by atoms with Crippen molar-refractivity contribution in [3.8, 4) is 0 Å². The first-order valence-electron chi connectivity index (χ1n) is 9.99. The van der Waals surface area contributed by atoms with Crippen molar-refractivity contribution < 1.29 is 14.8 Å². The maximum absolute atomic E-state index is 12.9. The molecule has 0 fully saturated rings. The smallest absolute Gasteiger partial charge is 0.272 e. The van der Waals surface area contributed by atoms with E-state index in [9.17, 15) is 14.8 Å². The quantitative estimate of drug-likeness (QED) is 0.109. The lowest BCUT2D eigenvalue weighted by Gasteiger charge is -2.26. The molecule has 0 aliphatic heterocycles. The second-order valence-corrected chi connectivity index (χ2v) is 6.81. The number of rotatable bonds is 17. The SMILES string of the molecule is CNCCCN(C)CCCCN(CCCNC)C(=O)/C(=C/C=C\C=O)N(C)O. The van der Waals surface area contributed by atoms with Gasteiger partial charge in [0.05, 0.1) is 0 Å². The normalized spacial score (nSPS) is 12.0. The van der Waals surface area contributed by atoms with Crippen LogP contribution in [0, 0.1) is 0 Å². The second kappa shape index (κ2) is 17.4. The molecule has 0 saturated heterocycles. The average Bonchev–Trinajstić information content (AvgIpc) is 2.66. The first kappa shape index (κ1) is 26.3. The van der Waals surface area contributed by atoms with Crippen LogP contribution < -0.4 is 10.6 Å². The third-order valence-electron chi connectivity index (χ3n) is 4.34. The molecule has 8 nitrogen and oxygen atoms in total. The van der Waals surface area contributed by atoms with Gasteiger partial charge >= 0.3 is 0 Å². The summed E-state index contributed by atoms with van der Waals surface area (Å²) in [6.07, 6.45) is 8.68. The summed E-state index contributed by atoms with van der Waals surface area (Å²) >= 11 is 0. The zero-order chi connectivity index (χ0) is 21.2. The number of nitrogens with zero attached hydrogens (tertiary/aromatic N) is 3. The van der Waals surface area contributed by atoms with Gasteiger partial charge in [-0.15, -0.1) is 0 Å². The van der Waals surface area contributed by atoms with Crippen LogP contribution in [0.25, 0.3) is 0 Å². The van der Waals surface area contributed by atoms with E-state index in [4.69, 9.17) is 0 Å². The summed E-state index contributed by atoms with van der Waals surface area (Å²) < 4.78 is 0. The number of carbonyl (C=O) groups is 2. The Morgan fingerprint density at radius 2 is 1.43 bits per heavy atom. The van der Waals surface area contributed by atoms with Crippen LogP contribution in [-0.2, 0) is 9.59 Å². The van der Waals surface area contributed by atoms with E-state index in [0.717, 1.165) is 56.9 Å². The summed E-state index contributed by atoms with van der Waals surface area (Å²) in [5, 5.41) is 16.9. The monoisotopic (exact) mass is 397 g/mol. The van der Waals surface area contributed by atoms with E-state index in [1.165, 1.54) is 25.3 Å². The Morgan fingerprint density at radius 1 is 0.893 bits per heavy atom. The minimum absolute atomic E-state index is 0.145. The fourth-order valence-electron chi connectivity index (χ4n) is 2.76. The Labute approximate surface area is 170 Å². The Morgan fingerprint density at radius 3 is 2.00 bits per heavy atom. The summed E-state index contributed by atoms with van der Waals surface area (Å²) in [5.74, 6) is -0.237. The molecule has 0 aromatic heterocycles. The lowest BCUT2D eigenvalue weighted by molar-refractivity contribution is -0.134. The van der Waals surface area contributed by atoms with Gasteiger partial charge in [0, 0.05) is 20.1 Å². The fraction of sp³-hybridized carbons (Fsp3) is 0.700. The van der Waals surface area contributed by atoms with Crippen molar-refractivity contribution in [2.45, 2.75) is 25.7 Å². The van der Waals surface area contributed by atoms with Gasteiger partial charge in [-0.1, -0.05) is 6.08 Å². The first-order valence-corrected chi connectivity index (χ1v) is 9.99. The van der Waals surface area contributed by atoms with Crippen LogP contribution in [0.1, 0.15) is 25.7 Å². The highest BCUT2D eigenvalue weighted by molar-refractivity contribution is 5.93. The Kier molecular flexibility index (Phi) is 16.3. The fourth-order valence-corrected chi connectivity index (χ4v) is 2.76. The molecule has 0 aliphatic carbocycles. The van der Waals surface area contributed by atoms with Gasteiger partial charge in [0.25, 0.3) is 5.91 Å². The predicted molar refractivity (Wildman–Crippen MR) is 113 cm³/mol. The molecule has 0 aliphatic rings. The highest BCUT2D eigenvalue weighted by Gasteiger charge is 2.20. The van der Waals surface area contributed by atoms with Crippen molar-refractivity contribution in [2.24, 2.45) is 0 Å². The van der Waals surface area contributed by atoms with Crippen LogP contribution in [0.4, 0.5) is 0 Å². The Balaban J connectivity index is 4.73. The number of unbranched alkanes of at least 4 members (excludes halogenated alkanes) is 1. The van der Waals surface area contributed by atoms with E-state index < -0.39 is 0 Å². The summed E-state index contributed by atoms with van der Waals surface area (Å²) in [5.41, 5.74) is 0.145. The maximum Gasteiger partial charge on any atom is 0.272 e. The Hall–Kier alpha value is -1.74. The summed E-state index contributed by atoms with van der Waals surface area (Å²) in [7, 11) is 7.37. The lowest BCUT2D eigenvalue weighted by atomic mass is 10.2. The molecule has 3 N–H and O–H groups in total. The van der Waals surface area contributed by atoms with Crippen molar-refractivity contribution in [2.75, 3.05) is 67.5 Å². The number of allylic oxidation sites excluding steroid dienone is 3. The zero-order valence-electron chi connectivity index (χ0n) is 18.0. The van der Waals surface area contributed by atoms with Gasteiger partial charge in [-0.05, 0) is 85.2 Å². The van der Waals surface area contributed by atoms with Crippen molar-refractivity contribution in [3.05, 3.63) is 23.9 Å². The molecule has 162 valence electrons. The summed E-state index contributed by atoms with van der Waals surface area (Å²) in [6.45, 7) is 5.12. The highest BCUT2D eigenvalue weighted by Crippen LogP contribution is 2.08. The molecule has 0 rings (SSSR count). The third kappa shape index (κ3) is 12.6. The van der Waals surface area contributed by atoms with Crippen LogP contribution in [0.3, 0.4) is 0 Å². The molecule has 0 aromatic carbocycles. The minimum Gasteiger partial charge on any atom is -0.337 e. The van der Waals surface area contributed by atoms with Crippen molar-refractivity contribution >= 4 is 12.2 Å². The van der Waals surface area contributed by atoms with Crippen LogP contribution in [0.15, 0.2) is 23.9 Å². The first-order chi connectivity index (χ1) is 13.5. The molecule has 0 radical (unpaired) electrons. The van der Waals surface area contributed by atoms with Gasteiger partial charge in [0.15, 0.2) is 0 Å². The average molecular weight is 398 g/mol. The van der Waals surface area contributed by atoms with Crippen molar-refractivity contribution in [1.29, 1.82) is 0 Å². The molecular weight excluding hydrogens is 358 g/mol. The van der Waals surface area contributed by atoms with Gasteiger partial charge in [-0.2, -0.15) is 0 Å². The molecule has 0 spiro atoms. The minimum atomic E-state index is -0.237. The second-order valence-electron chi connectivity index (χ2n) is 6.81.